The Bertz CT molecular complexity index is 971. The molecule has 3 aliphatic carbocycles. The van der Waals surface area contributed by atoms with Gasteiger partial charge in [0.2, 0.25) is 0 Å². The van der Waals surface area contributed by atoms with Gasteiger partial charge in [0, 0.05) is 5.56 Å². The minimum absolute atomic E-state index is 0.00163. The molecule has 0 aromatic heterocycles. The molecule has 4 rings (SSSR count). The Hall–Kier alpha value is -2.06. The molecule has 7 nitrogen and oxygen atoms in total. The average molecular weight is 407 g/mol. The summed E-state index contributed by atoms with van der Waals surface area (Å²) in [5.41, 5.74) is 3.73. The van der Waals surface area contributed by atoms with E-state index in [0.29, 0.717) is 41.2 Å². The van der Waals surface area contributed by atoms with Crippen molar-refractivity contribution in [2.24, 2.45) is 27.5 Å². The standard InChI is InChI=1S/C20H26N2O5S/c1-11-4-5-16-14-8-17(22-23)15-10-19(27-28(21,24)25)18(26-3)9-13(15)12(14)6-7-20(11,16)2/h9-10,12,14,16,23H,1,4-8H2,2-3H3,(H2,21,24,25)/b22-17+/t12?,14?,16?,20-/m1/s1. The lowest BCUT2D eigenvalue weighted by Gasteiger charge is -2.49. The zero-order valence-corrected chi connectivity index (χ0v) is 17.0. The van der Waals surface area contributed by atoms with Crippen LogP contribution in [0, 0.1) is 17.3 Å². The Morgan fingerprint density at radius 2 is 2.07 bits per heavy atom. The number of nitrogens with zero attached hydrogens (tertiary/aromatic N) is 1. The highest BCUT2D eigenvalue weighted by atomic mass is 32.2. The van der Waals surface area contributed by atoms with E-state index in [9.17, 15) is 13.6 Å². The summed E-state index contributed by atoms with van der Waals surface area (Å²) < 4.78 is 33.1. The Morgan fingerprint density at radius 3 is 2.71 bits per heavy atom. The number of nitrogens with two attached hydrogens (primary N) is 1. The van der Waals surface area contributed by atoms with Crippen LogP contribution in [0.1, 0.15) is 56.1 Å². The van der Waals surface area contributed by atoms with Crippen molar-refractivity contribution in [2.75, 3.05) is 7.11 Å². The number of hydrogen-bond donors (Lipinski definition) is 2. The molecular formula is C20H26N2O5S. The maximum Gasteiger partial charge on any atom is 0.380 e. The lowest BCUT2D eigenvalue weighted by Crippen LogP contribution is -2.41. The maximum absolute atomic E-state index is 11.4. The molecule has 0 amide bonds. The number of oxime groups is 1. The van der Waals surface area contributed by atoms with Gasteiger partial charge in [-0.25, -0.2) is 0 Å². The molecule has 3 unspecified atom stereocenters. The van der Waals surface area contributed by atoms with Crippen molar-refractivity contribution in [3.05, 3.63) is 35.4 Å². The summed E-state index contributed by atoms with van der Waals surface area (Å²) in [4.78, 5) is 0. The van der Waals surface area contributed by atoms with Gasteiger partial charge in [0.15, 0.2) is 11.5 Å². The number of hydrogen-bond acceptors (Lipinski definition) is 6. The highest BCUT2D eigenvalue weighted by molar-refractivity contribution is 7.84. The van der Waals surface area contributed by atoms with Crippen LogP contribution in [-0.4, -0.2) is 26.4 Å². The Morgan fingerprint density at radius 1 is 1.32 bits per heavy atom. The van der Waals surface area contributed by atoms with Gasteiger partial charge in [0.1, 0.15) is 0 Å². The Balaban J connectivity index is 1.82. The first-order chi connectivity index (χ1) is 13.2. The van der Waals surface area contributed by atoms with Crippen LogP contribution in [-0.2, 0) is 10.3 Å². The molecular weight excluding hydrogens is 380 g/mol. The zero-order valence-electron chi connectivity index (χ0n) is 16.1. The van der Waals surface area contributed by atoms with E-state index in [1.165, 1.54) is 12.7 Å². The molecule has 4 atom stereocenters. The second kappa shape index (κ2) is 6.49. The van der Waals surface area contributed by atoms with Gasteiger partial charge in [0.05, 0.1) is 12.8 Å². The zero-order chi connectivity index (χ0) is 20.3. The molecule has 28 heavy (non-hydrogen) atoms. The van der Waals surface area contributed by atoms with Gasteiger partial charge in [-0.15, -0.1) is 0 Å². The molecule has 152 valence electrons. The van der Waals surface area contributed by atoms with E-state index in [-0.39, 0.29) is 11.2 Å². The maximum atomic E-state index is 11.4. The molecule has 1 aromatic carbocycles. The van der Waals surface area contributed by atoms with Gasteiger partial charge in [-0.2, -0.15) is 13.6 Å². The summed E-state index contributed by atoms with van der Waals surface area (Å²) in [6.07, 6.45) is 4.87. The smallest absolute Gasteiger partial charge is 0.380 e. The molecule has 0 radical (unpaired) electrons. The van der Waals surface area contributed by atoms with E-state index in [0.717, 1.165) is 31.2 Å². The molecule has 0 bridgehead atoms. The normalized spacial score (nSPS) is 33.2. The minimum Gasteiger partial charge on any atom is -0.493 e. The SMILES string of the molecule is C=C1CCC2C3C/C(=N\O)c4cc(OS(N)(=O)=O)c(OC)cc4C3CC[C@]12C. The first-order valence-corrected chi connectivity index (χ1v) is 11.0. The third-order valence-electron chi connectivity index (χ3n) is 7.19. The largest absolute Gasteiger partial charge is 0.493 e. The van der Waals surface area contributed by atoms with E-state index >= 15 is 0 Å². The van der Waals surface area contributed by atoms with Gasteiger partial charge in [-0.1, -0.05) is 24.2 Å². The van der Waals surface area contributed by atoms with Crippen molar-refractivity contribution in [3.8, 4) is 11.5 Å². The Labute approximate surface area is 165 Å². The van der Waals surface area contributed by atoms with Gasteiger partial charge < -0.3 is 14.1 Å². The lowest BCUT2D eigenvalue weighted by molar-refractivity contribution is 0.0947. The molecule has 0 saturated heterocycles. The van der Waals surface area contributed by atoms with E-state index in [1.807, 2.05) is 6.07 Å². The van der Waals surface area contributed by atoms with Crippen LogP contribution in [0.5, 0.6) is 11.5 Å². The van der Waals surface area contributed by atoms with Crippen molar-refractivity contribution in [1.82, 2.24) is 0 Å². The van der Waals surface area contributed by atoms with Crippen LogP contribution < -0.4 is 14.1 Å². The summed E-state index contributed by atoms with van der Waals surface area (Å²) in [5.74, 6) is 1.44. The van der Waals surface area contributed by atoms with Crippen LogP contribution in [0.3, 0.4) is 0 Å². The fraction of sp³-hybridized carbons (Fsp3) is 0.550. The fourth-order valence-corrected chi connectivity index (χ4v) is 6.16. The highest BCUT2D eigenvalue weighted by Crippen LogP contribution is 2.62. The highest BCUT2D eigenvalue weighted by Gasteiger charge is 2.53. The lowest BCUT2D eigenvalue weighted by atomic mass is 9.55. The predicted molar refractivity (Wildman–Crippen MR) is 105 cm³/mol. The average Bonchev–Trinajstić information content (AvgIpc) is 2.94. The molecule has 2 fully saturated rings. The summed E-state index contributed by atoms with van der Waals surface area (Å²) in [5, 5.41) is 18.3. The number of methoxy groups -OCH3 is 1. The van der Waals surface area contributed by atoms with E-state index < -0.39 is 10.3 Å². The topological polar surface area (TPSA) is 111 Å². The Kier molecular flexibility index (Phi) is 4.46. The predicted octanol–water partition coefficient (Wildman–Crippen LogP) is 3.33. The first-order valence-electron chi connectivity index (χ1n) is 9.51. The number of fused-ring (bicyclic) bond motifs is 5. The van der Waals surface area contributed by atoms with Crippen LogP contribution in [0.25, 0.3) is 0 Å². The van der Waals surface area contributed by atoms with E-state index in [2.05, 4.69) is 18.7 Å². The van der Waals surface area contributed by atoms with E-state index in [1.54, 1.807) is 6.07 Å². The molecule has 0 heterocycles. The van der Waals surface area contributed by atoms with Gasteiger partial charge in [-0.3, -0.25) is 0 Å². The van der Waals surface area contributed by atoms with Crippen LogP contribution in [0.15, 0.2) is 29.4 Å². The minimum atomic E-state index is -4.20. The third-order valence-corrected chi connectivity index (χ3v) is 7.61. The molecule has 8 heteroatoms. The summed E-state index contributed by atoms with van der Waals surface area (Å²) >= 11 is 0. The van der Waals surface area contributed by atoms with Gasteiger partial charge >= 0.3 is 10.3 Å². The second-order valence-electron chi connectivity index (χ2n) is 8.39. The van der Waals surface area contributed by atoms with Crippen molar-refractivity contribution in [3.63, 3.8) is 0 Å². The molecule has 0 spiro atoms. The van der Waals surface area contributed by atoms with Crippen LogP contribution >= 0.6 is 0 Å². The summed E-state index contributed by atoms with van der Waals surface area (Å²) in [6.45, 7) is 6.64. The number of rotatable bonds is 3. The molecule has 0 aliphatic heterocycles. The summed E-state index contributed by atoms with van der Waals surface area (Å²) in [6, 6.07) is 3.37. The van der Waals surface area contributed by atoms with Gasteiger partial charge in [0.25, 0.3) is 0 Å². The van der Waals surface area contributed by atoms with Crippen molar-refractivity contribution < 1.29 is 22.5 Å². The van der Waals surface area contributed by atoms with Crippen LogP contribution in [0.4, 0.5) is 0 Å². The number of benzene rings is 1. The van der Waals surface area contributed by atoms with E-state index in [4.69, 9.17) is 14.1 Å². The molecule has 1 aromatic rings. The monoisotopic (exact) mass is 406 g/mol. The van der Waals surface area contributed by atoms with Crippen molar-refractivity contribution in [2.45, 2.75) is 44.9 Å². The van der Waals surface area contributed by atoms with Crippen molar-refractivity contribution >= 4 is 16.0 Å². The van der Waals surface area contributed by atoms with Gasteiger partial charge in [-0.05, 0) is 73.0 Å². The number of ether oxygens (including phenoxy) is 1. The second-order valence-corrected chi connectivity index (χ2v) is 9.54. The molecule has 3 aliphatic rings. The van der Waals surface area contributed by atoms with Crippen molar-refractivity contribution in [1.29, 1.82) is 0 Å². The first kappa shape index (κ1) is 19.3. The third kappa shape index (κ3) is 2.90. The fourth-order valence-electron chi connectivity index (χ4n) is 5.78. The number of allylic oxidation sites excluding steroid dienone is 1. The molecule has 2 saturated carbocycles. The summed E-state index contributed by atoms with van der Waals surface area (Å²) in [7, 11) is -2.75. The quantitative estimate of drug-likeness (QED) is 0.454. The molecule has 3 N–H and O–H groups in total. The van der Waals surface area contributed by atoms with Crippen LogP contribution in [0.2, 0.25) is 0 Å².